The predicted octanol–water partition coefficient (Wildman–Crippen LogP) is 8.78. The van der Waals surface area contributed by atoms with E-state index in [1.165, 1.54) is 55.8 Å². The van der Waals surface area contributed by atoms with Crippen LogP contribution in [0.2, 0.25) is 0 Å². The maximum Gasteiger partial charge on any atom is 0.381 e. The highest BCUT2D eigenvalue weighted by Crippen LogP contribution is 2.40. The molecule has 6 heteroatoms. The smallest absolute Gasteiger partial charge is 0.381 e. The summed E-state index contributed by atoms with van der Waals surface area (Å²) in [6.45, 7) is 0.205. The summed E-state index contributed by atoms with van der Waals surface area (Å²) >= 11 is 0. The van der Waals surface area contributed by atoms with E-state index in [1.54, 1.807) is 0 Å². The van der Waals surface area contributed by atoms with Gasteiger partial charge in [0.05, 0.1) is 0 Å². The van der Waals surface area contributed by atoms with E-state index in [9.17, 15) is 0 Å². The van der Waals surface area contributed by atoms with Crippen molar-refractivity contribution < 1.29 is 0 Å². The van der Waals surface area contributed by atoms with Crippen LogP contribution in [0.1, 0.15) is 16.7 Å². The van der Waals surface area contributed by atoms with E-state index in [0.29, 0.717) is 0 Å². The molecule has 0 amide bonds. The zero-order valence-electron chi connectivity index (χ0n) is 25.4. The molecule has 3 nitrogen and oxygen atoms in total. The number of benzene rings is 5. The van der Waals surface area contributed by atoms with Gasteiger partial charge in [0.1, 0.15) is 0 Å². The summed E-state index contributed by atoms with van der Waals surface area (Å²) < 4.78 is 7.56. The van der Waals surface area contributed by atoms with Gasteiger partial charge in [0.15, 0.2) is 0 Å². The third-order valence-corrected chi connectivity index (χ3v) is 9.53. The molecule has 0 bridgehead atoms. The number of rotatable bonds is 4. The molecule has 9 rings (SSSR count). The Bertz CT molecular complexity index is 2030. The largest absolute Gasteiger partial charge is 0.423 e. The number of allylic oxidation sites excluding steroid dienone is 4. The Morgan fingerprint density at radius 2 is 1.00 bits per heavy atom. The van der Waals surface area contributed by atoms with Gasteiger partial charge in [-0.1, -0.05) is 139 Å². The van der Waals surface area contributed by atoms with Crippen LogP contribution < -0.4 is 4.72 Å². The Kier molecular flexibility index (Phi) is 6.45. The van der Waals surface area contributed by atoms with Gasteiger partial charge in [-0.25, -0.2) is 0 Å². The van der Waals surface area contributed by atoms with E-state index in [2.05, 4.69) is 196 Å². The monoisotopic (exact) mass is 585 g/mol. The highest BCUT2D eigenvalue weighted by Gasteiger charge is 2.52. The lowest BCUT2D eigenvalue weighted by Gasteiger charge is -2.55. The predicted molar refractivity (Wildman–Crippen MR) is 197 cm³/mol. The van der Waals surface area contributed by atoms with Crippen LogP contribution in [0.5, 0.6) is 0 Å². The number of hydrogen-bond donors (Lipinski definition) is 0. The van der Waals surface area contributed by atoms with E-state index in [4.69, 9.17) is 0 Å². The van der Waals surface area contributed by atoms with Crippen LogP contribution in [0, 0.1) is 0 Å². The molecule has 0 unspecified atom stereocenters. The van der Waals surface area contributed by atoms with Crippen LogP contribution >= 0.6 is 0 Å². The molecule has 4 heterocycles. The third kappa shape index (κ3) is 4.57. The minimum atomic E-state index is 0.0363. The molecule has 4 aliphatic rings. The molecule has 0 radical (unpaired) electrons. The number of anilines is 1. The van der Waals surface area contributed by atoms with Crippen molar-refractivity contribution in [1.82, 2.24) is 9.44 Å². The van der Waals surface area contributed by atoms with Crippen molar-refractivity contribution in [3.05, 3.63) is 193 Å². The van der Waals surface area contributed by atoms with Crippen molar-refractivity contribution in [1.29, 1.82) is 0 Å². The van der Waals surface area contributed by atoms with Gasteiger partial charge in [-0.15, -0.1) is 0 Å². The summed E-state index contributed by atoms with van der Waals surface area (Å²) in [5, 5.41) is 0. The Balaban J connectivity index is 1.17. The zero-order valence-corrected chi connectivity index (χ0v) is 25.4. The SMILES string of the molecule is C1=CC(c2ccccc2)=CN2B1N1C=CC(c3cc(-c4ccccc4)cc(-c4ccccc4)c3)=CB1N1B2C=Cc2ccccc21. The molecule has 5 aromatic rings. The van der Waals surface area contributed by atoms with Gasteiger partial charge in [-0.05, 0) is 92.8 Å². The minimum absolute atomic E-state index is 0.0363. The summed E-state index contributed by atoms with van der Waals surface area (Å²) in [4.78, 5) is 0. The Hall–Kier alpha value is -5.61. The fraction of sp³-hybridized carbons (Fsp3) is 0. The Morgan fingerprint density at radius 1 is 0.413 bits per heavy atom. The normalized spacial score (nSPS) is 16.0. The maximum atomic E-state index is 2.58. The first-order valence-electron chi connectivity index (χ1n) is 16.0. The van der Waals surface area contributed by atoms with Gasteiger partial charge in [0.25, 0.3) is 0 Å². The second-order valence-electron chi connectivity index (χ2n) is 12.2. The molecule has 1 saturated heterocycles. The van der Waals surface area contributed by atoms with Crippen molar-refractivity contribution in [3.8, 4) is 22.3 Å². The first-order chi connectivity index (χ1) is 22.8. The average molecular weight is 585 g/mol. The van der Waals surface area contributed by atoms with Gasteiger partial charge in [0.2, 0.25) is 0 Å². The molecule has 46 heavy (non-hydrogen) atoms. The molecule has 0 spiro atoms. The van der Waals surface area contributed by atoms with Crippen molar-refractivity contribution in [3.63, 3.8) is 0 Å². The van der Waals surface area contributed by atoms with Gasteiger partial charge in [-0.3, -0.25) is 0 Å². The van der Waals surface area contributed by atoms with Crippen LogP contribution in [0.15, 0.2) is 176 Å². The molecule has 1 fully saturated rings. The van der Waals surface area contributed by atoms with E-state index in [1.807, 2.05) is 0 Å². The Morgan fingerprint density at radius 3 is 1.70 bits per heavy atom. The molecule has 0 aromatic heterocycles. The van der Waals surface area contributed by atoms with Gasteiger partial charge < -0.3 is 14.2 Å². The van der Waals surface area contributed by atoms with Crippen LogP contribution in [-0.2, 0) is 0 Å². The van der Waals surface area contributed by atoms with E-state index in [-0.39, 0.29) is 20.9 Å². The number of hydrogen-bond acceptors (Lipinski definition) is 3. The van der Waals surface area contributed by atoms with Crippen LogP contribution in [0.3, 0.4) is 0 Å². The highest BCUT2D eigenvalue weighted by atomic mass is 15.3. The standard InChI is InChI=1S/C40H30B3N3/c1-4-12-31(13-5-1)36-21-23-41-44-25-22-35(29-43(44)46-40-19-11-10-18-34(40)20-24-42(46)45(41)30-36)39-27-37(32-14-6-2-7-15-32)26-38(28-39)33-16-8-3-9-17-33/h1-30H. The van der Waals surface area contributed by atoms with Crippen molar-refractivity contribution in [2.24, 2.45) is 0 Å². The maximum absolute atomic E-state index is 2.58. The van der Waals surface area contributed by atoms with E-state index >= 15 is 0 Å². The van der Waals surface area contributed by atoms with E-state index in [0.717, 1.165) is 0 Å². The molecule has 0 aliphatic carbocycles. The average Bonchev–Trinajstić information content (AvgIpc) is 3.15. The van der Waals surface area contributed by atoms with Crippen LogP contribution in [0.25, 0.3) is 39.5 Å². The molecular weight excluding hydrogens is 555 g/mol. The first kappa shape index (κ1) is 26.8. The van der Waals surface area contributed by atoms with E-state index < -0.39 is 0 Å². The molecular formula is C40H30B3N3. The fourth-order valence-electron chi connectivity index (χ4n) is 7.29. The topological polar surface area (TPSA) is 9.72 Å². The molecule has 4 aliphatic heterocycles. The summed E-state index contributed by atoms with van der Waals surface area (Å²) in [5.41, 5.74) is 12.3. The molecule has 0 saturated carbocycles. The quantitative estimate of drug-likeness (QED) is 0.195. The van der Waals surface area contributed by atoms with Crippen LogP contribution in [0.4, 0.5) is 5.69 Å². The zero-order chi connectivity index (χ0) is 30.5. The molecule has 0 atom stereocenters. The summed E-state index contributed by atoms with van der Waals surface area (Å²) in [6, 6.07) is 47.9. The minimum Gasteiger partial charge on any atom is -0.423 e. The summed E-state index contributed by atoms with van der Waals surface area (Å²) in [5.74, 6) is 7.18. The lowest BCUT2D eigenvalue weighted by molar-refractivity contribution is 0.729. The fourth-order valence-corrected chi connectivity index (χ4v) is 7.29. The van der Waals surface area contributed by atoms with Crippen molar-refractivity contribution >= 4 is 43.9 Å². The molecule has 5 aromatic carbocycles. The second-order valence-corrected chi connectivity index (χ2v) is 12.2. The second kappa shape index (κ2) is 11.1. The first-order valence-corrected chi connectivity index (χ1v) is 16.0. The number of fused-ring (bicyclic) bond motifs is 8. The third-order valence-electron chi connectivity index (χ3n) is 9.53. The molecule has 214 valence electrons. The molecule has 0 N–H and O–H groups in total. The highest BCUT2D eigenvalue weighted by molar-refractivity contribution is 6.99. The summed E-state index contributed by atoms with van der Waals surface area (Å²) in [6.07, 6.45) is 11.5. The van der Waals surface area contributed by atoms with Crippen LogP contribution in [-0.4, -0.2) is 30.4 Å². The van der Waals surface area contributed by atoms with Gasteiger partial charge in [0, 0.05) is 5.69 Å². The lowest BCUT2D eigenvalue weighted by atomic mass is 9.40. The van der Waals surface area contributed by atoms with Crippen molar-refractivity contribution in [2.75, 3.05) is 4.72 Å². The number of nitrogens with zero attached hydrogens (tertiary/aromatic N) is 3. The van der Waals surface area contributed by atoms with Gasteiger partial charge in [-0.2, -0.15) is 0 Å². The number of para-hydroxylation sites is 1. The summed E-state index contributed by atoms with van der Waals surface area (Å²) in [7, 11) is 0. The van der Waals surface area contributed by atoms with Gasteiger partial charge >= 0.3 is 20.9 Å². The Labute approximate surface area is 272 Å². The van der Waals surface area contributed by atoms with Crippen molar-refractivity contribution in [2.45, 2.75) is 0 Å². The lowest BCUT2D eigenvalue weighted by Crippen LogP contribution is -2.75.